The van der Waals surface area contributed by atoms with Crippen LogP contribution < -0.4 is 14.8 Å². The molecule has 5 rings (SSSR count). The van der Waals surface area contributed by atoms with Crippen LogP contribution in [0.15, 0.2) is 79.0 Å². The fraction of sp³-hybridized carbons (Fsp3) is 0.160. The fourth-order valence-corrected chi connectivity index (χ4v) is 3.60. The van der Waals surface area contributed by atoms with Crippen molar-refractivity contribution >= 4 is 0 Å². The first-order chi connectivity index (χ1) is 14.8. The lowest BCUT2D eigenvalue weighted by Gasteiger charge is -2.07. The van der Waals surface area contributed by atoms with Crippen molar-refractivity contribution in [2.24, 2.45) is 0 Å². The minimum Gasteiger partial charge on any atom is -0.454 e. The highest BCUT2D eigenvalue weighted by molar-refractivity contribution is 5.63. The molecule has 0 saturated heterocycles. The Morgan fingerprint density at radius 2 is 1.70 bits per heavy atom. The third-order valence-electron chi connectivity index (χ3n) is 5.22. The molecule has 0 radical (unpaired) electrons. The highest BCUT2D eigenvalue weighted by Crippen LogP contribution is 2.32. The van der Waals surface area contributed by atoms with Crippen LogP contribution >= 0.6 is 0 Å². The number of fused-ring (bicyclic) bond motifs is 1. The summed E-state index contributed by atoms with van der Waals surface area (Å²) in [4.78, 5) is 0. The summed E-state index contributed by atoms with van der Waals surface area (Å²) in [6, 6.07) is 24.8. The van der Waals surface area contributed by atoms with Gasteiger partial charge in [0, 0.05) is 30.4 Å². The third-order valence-corrected chi connectivity index (χ3v) is 5.22. The van der Waals surface area contributed by atoms with Gasteiger partial charge in [0.1, 0.15) is 0 Å². The van der Waals surface area contributed by atoms with E-state index in [9.17, 15) is 0 Å². The average Bonchev–Trinajstić information content (AvgIpc) is 3.42. The number of hydrogen-bond acceptors (Lipinski definition) is 4. The lowest BCUT2D eigenvalue weighted by Crippen LogP contribution is -2.12. The summed E-state index contributed by atoms with van der Waals surface area (Å²) in [5, 5.41) is 8.44. The second kappa shape index (κ2) is 8.05. The molecule has 3 aromatic carbocycles. The molecule has 5 nitrogen and oxygen atoms in total. The van der Waals surface area contributed by atoms with Crippen molar-refractivity contribution in [1.29, 1.82) is 0 Å². The molecule has 4 aromatic rings. The fourth-order valence-electron chi connectivity index (χ4n) is 3.60. The Kier molecular flexibility index (Phi) is 4.95. The van der Waals surface area contributed by atoms with E-state index in [-0.39, 0.29) is 0 Å². The molecular formula is C25H23N3O2. The molecule has 1 N–H and O–H groups in total. The monoisotopic (exact) mass is 397 g/mol. The topological polar surface area (TPSA) is 48.3 Å². The van der Waals surface area contributed by atoms with Crippen LogP contribution in [0.3, 0.4) is 0 Å². The summed E-state index contributed by atoms with van der Waals surface area (Å²) in [5.41, 5.74) is 6.72. The Bertz CT molecular complexity index is 1150. The van der Waals surface area contributed by atoms with Crippen LogP contribution in [0, 0.1) is 6.92 Å². The molecule has 1 aliphatic heterocycles. The number of para-hydroxylation sites is 1. The number of aryl methyl sites for hydroxylation is 1. The summed E-state index contributed by atoms with van der Waals surface area (Å²) in [5.74, 6) is 1.62. The van der Waals surface area contributed by atoms with Crippen molar-refractivity contribution in [1.82, 2.24) is 15.1 Å². The minimum absolute atomic E-state index is 0.296. The van der Waals surface area contributed by atoms with Gasteiger partial charge in [-0.05, 0) is 36.8 Å². The Morgan fingerprint density at radius 1 is 0.900 bits per heavy atom. The van der Waals surface area contributed by atoms with E-state index in [4.69, 9.17) is 14.6 Å². The largest absolute Gasteiger partial charge is 0.454 e. The van der Waals surface area contributed by atoms with Crippen molar-refractivity contribution < 1.29 is 9.47 Å². The molecule has 0 bridgehead atoms. The van der Waals surface area contributed by atoms with E-state index < -0.39 is 0 Å². The summed E-state index contributed by atoms with van der Waals surface area (Å²) in [6.45, 7) is 3.84. The second-order valence-corrected chi connectivity index (χ2v) is 7.44. The Labute approximate surface area is 175 Å². The predicted molar refractivity (Wildman–Crippen MR) is 117 cm³/mol. The molecule has 0 fully saturated rings. The number of benzene rings is 3. The van der Waals surface area contributed by atoms with Gasteiger partial charge in [-0.1, -0.05) is 54.1 Å². The Balaban J connectivity index is 1.38. The van der Waals surface area contributed by atoms with Gasteiger partial charge < -0.3 is 14.8 Å². The van der Waals surface area contributed by atoms with Crippen LogP contribution in [-0.4, -0.2) is 16.6 Å². The molecule has 30 heavy (non-hydrogen) atoms. The van der Waals surface area contributed by atoms with E-state index in [0.717, 1.165) is 46.1 Å². The second-order valence-electron chi connectivity index (χ2n) is 7.44. The van der Waals surface area contributed by atoms with Gasteiger partial charge in [0.2, 0.25) is 6.79 Å². The van der Waals surface area contributed by atoms with E-state index in [0.29, 0.717) is 13.3 Å². The van der Waals surface area contributed by atoms with Crippen LogP contribution in [0.25, 0.3) is 16.9 Å². The van der Waals surface area contributed by atoms with Crippen molar-refractivity contribution in [3.05, 3.63) is 95.7 Å². The van der Waals surface area contributed by atoms with Crippen LogP contribution in [0.1, 0.15) is 16.7 Å². The van der Waals surface area contributed by atoms with Crippen LogP contribution in [-0.2, 0) is 13.1 Å². The first-order valence-corrected chi connectivity index (χ1v) is 10.1. The SMILES string of the molecule is Cc1ccc(-c2nn(-c3ccccc3)cc2CNCc2ccc3c(c2)OCO3)cc1. The summed E-state index contributed by atoms with van der Waals surface area (Å²) >= 11 is 0. The zero-order valence-corrected chi connectivity index (χ0v) is 16.8. The van der Waals surface area contributed by atoms with Gasteiger partial charge in [-0.2, -0.15) is 5.10 Å². The maximum atomic E-state index is 5.48. The standard InChI is InChI=1S/C25H23N3O2/c1-18-7-10-20(11-8-18)25-21(16-28(27-25)22-5-3-2-4-6-22)15-26-14-19-9-12-23-24(13-19)30-17-29-23/h2-13,16,26H,14-15,17H2,1H3. The average molecular weight is 397 g/mol. The first kappa shape index (κ1) is 18.5. The van der Waals surface area contributed by atoms with Crippen LogP contribution in [0.4, 0.5) is 0 Å². The summed E-state index contributed by atoms with van der Waals surface area (Å²) < 4.78 is 12.8. The molecule has 0 aliphatic carbocycles. The Morgan fingerprint density at radius 3 is 2.53 bits per heavy atom. The van der Waals surface area contributed by atoms with Crippen LogP contribution in [0.2, 0.25) is 0 Å². The van der Waals surface area contributed by atoms with Gasteiger partial charge in [-0.25, -0.2) is 4.68 Å². The van der Waals surface area contributed by atoms with E-state index in [2.05, 4.69) is 60.9 Å². The van der Waals surface area contributed by atoms with Crippen molar-refractivity contribution in [3.8, 4) is 28.4 Å². The zero-order valence-electron chi connectivity index (χ0n) is 16.8. The minimum atomic E-state index is 0.296. The number of nitrogens with one attached hydrogen (secondary N) is 1. The van der Waals surface area contributed by atoms with Gasteiger partial charge in [0.15, 0.2) is 11.5 Å². The van der Waals surface area contributed by atoms with Crippen molar-refractivity contribution in [2.75, 3.05) is 6.79 Å². The summed E-state index contributed by atoms with van der Waals surface area (Å²) in [6.07, 6.45) is 2.11. The molecule has 0 unspecified atom stereocenters. The summed E-state index contributed by atoms with van der Waals surface area (Å²) in [7, 11) is 0. The van der Waals surface area contributed by atoms with Gasteiger partial charge in [-0.3, -0.25) is 0 Å². The molecule has 150 valence electrons. The van der Waals surface area contributed by atoms with E-state index in [1.165, 1.54) is 5.56 Å². The maximum absolute atomic E-state index is 5.48. The first-order valence-electron chi connectivity index (χ1n) is 10.1. The van der Waals surface area contributed by atoms with E-state index >= 15 is 0 Å². The number of nitrogens with zero attached hydrogens (tertiary/aromatic N) is 2. The molecule has 1 aliphatic rings. The number of hydrogen-bond donors (Lipinski definition) is 1. The number of aromatic nitrogens is 2. The molecule has 2 heterocycles. The quantitative estimate of drug-likeness (QED) is 0.504. The van der Waals surface area contributed by atoms with Crippen molar-refractivity contribution in [2.45, 2.75) is 20.0 Å². The van der Waals surface area contributed by atoms with Gasteiger partial charge in [-0.15, -0.1) is 0 Å². The van der Waals surface area contributed by atoms with E-state index in [1.807, 2.05) is 35.0 Å². The van der Waals surface area contributed by atoms with Crippen molar-refractivity contribution in [3.63, 3.8) is 0 Å². The smallest absolute Gasteiger partial charge is 0.231 e. The highest BCUT2D eigenvalue weighted by Gasteiger charge is 2.14. The number of rotatable bonds is 6. The van der Waals surface area contributed by atoms with Crippen LogP contribution in [0.5, 0.6) is 11.5 Å². The molecule has 0 spiro atoms. The van der Waals surface area contributed by atoms with Gasteiger partial charge >= 0.3 is 0 Å². The predicted octanol–water partition coefficient (Wildman–Crippen LogP) is 4.87. The third kappa shape index (κ3) is 3.80. The maximum Gasteiger partial charge on any atom is 0.231 e. The molecule has 0 amide bonds. The number of ether oxygens (including phenoxy) is 2. The molecule has 5 heteroatoms. The highest BCUT2D eigenvalue weighted by atomic mass is 16.7. The van der Waals surface area contributed by atoms with Gasteiger partial charge in [0.25, 0.3) is 0 Å². The molecule has 1 aromatic heterocycles. The lowest BCUT2D eigenvalue weighted by molar-refractivity contribution is 0.174. The molecule has 0 atom stereocenters. The normalized spacial score (nSPS) is 12.3. The van der Waals surface area contributed by atoms with Gasteiger partial charge in [0.05, 0.1) is 11.4 Å². The lowest BCUT2D eigenvalue weighted by atomic mass is 10.1. The molecular weight excluding hydrogens is 374 g/mol. The molecule has 0 saturated carbocycles. The van der Waals surface area contributed by atoms with E-state index in [1.54, 1.807) is 0 Å². The Hall–Kier alpha value is -3.57. The zero-order chi connectivity index (χ0) is 20.3.